The van der Waals surface area contributed by atoms with Crippen LogP contribution in [0, 0.1) is 6.92 Å². The second-order valence-corrected chi connectivity index (χ2v) is 4.63. The van der Waals surface area contributed by atoms with Gasteiger partial charge in [-0.15, -0.1) is 12.4 Å². The van der Waals surface area contributed by atoms with Crippen molar-refractivity contribution in [1.82, 2.24) is 9.71 Å². The first-order valence-electron chi connectivity index (χ1n) is 4.58. The fraction of sp³-hybridized carbons (Fsp3) is 0.333. The highest BCUT2D eigenvalue weighted by Gasteiger charge is 2.19. The molecule has 1 heterocycles. The molecule has 0 aliphatic rings. The van der Waals surface area contributed by atoms with Crippen LogP contribution in [0.15, 0.2) is 23.4 Å². The third kappa shape index (κ3) is 4.58. The Hall–Kier alpha value is -1.34. The average Bonchev–Trinajstić information content (AvgIpc) is 2.17. The topological polar surface area (TPSA) is 85.4 Å². The molecule has 0 saturated heterocycles. The van der Waals surface area contributed by atoms with E-state index in [9.17, 15) is 13.2 Å². The highest BCUT2D eigenvalue weighted by molar-refractivity contribution is 7.90. The van der Waals surface area contributed by atoms with Crippen LogP contribution in [0.1, 0.15) is 12.5 Å². The minimum atomic E-state index is -3.93. The van der Waals surface area contributed by atoms with Crippen molar-refractivity contribution in [2.24, 2.45) is 0 Å². The number of carbonyl (C=O) groups is 1. The van der Waals surface area contributed by atoms with Crippen molar-refractivity contribution in [1.29, 1.82) is 0 Å². The number of halogens is 1. The Labute approximate surface area is 106 Å². The van der Waals surface area contributed by atoms with E-state index in [0.717, 1.165) is 5.56 Å². The molecule has 0 bridgehead atoms. The number of hydrogen-bond acceptors (Lipinski definition) is 5. The lowest BCUT2D eigenvalue weighted by atomic mass is 10.3. The zero-order valence-corrected chi connectivity index (χ0v) is 11.0. The minimum absolute atomic E-state index is 0. The number of rotatable bonds is 3. The lowest BCUT2D eigenvalue weighted by molar-refractivity contribution is 0.158. The number of nitrogens with zero attached hydrogens (tertiary/aromatic N) is 1. The quantitative estimate of drug-likeness (QED) is 0.900. The van der Waals surface area contributed by atoms with Gasteiger partial charge in [0.1, 0.15) is 0 Å². The molecule has 0 aliphatic heterocycles. The number of hydrogen-bond donors (Lipinski definition) is 1. The number of amides is 1. The number of ether oxygens (including phenoxy) is 1. The fourth-order valence-electron chi connectivity index (χ4n) is 0.936. The molecule has 0 unspecified atom stereocenters. The number of carbonyl (C=O) groups excluding carboxylic acids is 1. The molecule has 0 aliphatic carbocycles. The summed E-state index contributed by atoms with van der Waals surface area (Å²) >= 11 is 0. The van der Waals surface area contributed by atoms with E-state index in [-0.39, 0.29) is 24.0 Å². The summed E-state index contributed by atoms with van der Waals surface area (Å²) in [5.74, 6) is 0. The molecule has 1 aromatic rings. The van der Waals surface area contributed by atoms with Crippen LogP contribution < -0.4 is 4.72 Å². The summed E-state index contributed by atoms with van der Waals surface area (Å²) in [7, 11) is -3.93. The normalized spacial score (nSPS) is 10.2. The van der Waals surface area contributed by atoms with Crippen molar-refractivity contribution < 1.29 is 17.9 Å². The highest BCUT2D eigenvalue weighted by atomic mass is 35.5. The van der Waals surface area contributed by atoms with Gasteiger partial charge in [0, 0.05) is 6.20 Å². The molecule has 1 aromatic heterocycles. The molecule has 0 fully saturated rings. The first kappa shape index (κ1) is 15.7. The van der Waals surface area contributed by atoms with Gasteiger partial charge < -0.3 is 4.74 Å². The van der Waals surface area contributed by atoms with Gasteiger partial charge in [0.2, 0.25) is 0 Å². The maximum atomic E-state index is 11.6. The molecule has 0 saturated carbocycles. The van der Waals surface area contributed by atoms with Crippen molar-refractivity contribution >= 4 is 28.5 Å². The van der Waals surface area contributed by atoms with E-state index in [1.54, 1.807) is 24.6 Å². The molecular weight excluding hydrogens is 268 g/mol. The van der Waals surface area contributed by atoms with E-state index < -0.39 is 16.1 Å². The Kier molecular flexibility index (Phi) is 5.90. The SMILES string of the molecule is CCOC(=O)NS(=O)(=O)c1ccc(C)cn1.Cl. The molecular formula is C9H13ClN2O4S. The molecule has 17 heavy (non-hydrogen) atoms. The maximum Gasteiger partial charge on any atom is 0.421 e. The fourth-order valence-corrected chi connectivity index (χ4v) is 1.76. The Balaban J connectivity index is 0.00000256. The standard InChI is InChI=1S/C9H12N2O4S.ClH/c1-3-15-9(12)11-16(13,14)8-5-4-7(2)6-10-8;/h4-6H,3H2,1-2H3,(H,11,12);1H. The third-order valence-electron chi connectivity index (χ3n) is 1.65. The molecule has 1 N–H and O–H groups in total. The number of sulfonamides is 1. The second kappa shape index (κ2) is 6.41. The van der Waals surface area contributed by atoms with E-state index in [0.29, 0.717) is 0 Å². The average molecular weight is 281 g/mol. The Morgan fingerprint density at radius 1 is 1.47 bits per heavy atom. The van der Waals surface area contributed by atoms with Crippen LogP contribution >= 0.6 is 12.4 Å². The molecule has 8 heteroatoms. The monoisotopic (exact) mass is 280 g/mol. The predicted molar refractivity (Wildman–Crippen MR) is 63.6 cm³/mol. The van der Waals surface area contributed by atoms with Gasteiger partial charge in [-0.3, -0.25) is 0 Å². The van der Waals surface area contributed by atoms with E-state index in [1.165, 1.54) is 12.3 Å². The van der Waals surface area contributed by atoms with E-state index in [2.05, 4.69) is 9.72 Å². The van der Waals surface area contributed by atoms with Crippen LogP contribution in [0.5, 0.6) is 0 Å². The third-order valence-corrected chi connectivity index (χ3v) is 2.88. The van der Waals surface area contributed by atoms with Gasteiger partial charge in [-0.2, -0.15) is 8.42 Å². The van der Waals surface area contributed by atoms with Crippen LogP contribution in [-0.4, -0.2) is 26.1 Å². The maximum absolute atomic E-state index is 11.6. The van der Waals surface area contributed by atoms with Gasteiger partial charge in [-0.25, -0.2) is 14.5 Å². The van der Waals surface area contributed by atoms with Crippen molar-refractivity contribution in [3.05, 3.63) is 23.9 Å². The summed E-state index contributed by atoms with van der Waals surface area (Å²) in [5.41, 5.74) is 0.829. The van der Waals surface area contributed by atoms with Gasteiger partial charge in [0.15, 0.2) is 5.03 Å². The highest BCUT2D eigenvalue weighted by Crippen LogP contribution is 2.05. The van der Waals surface area contributed by atoms with Gasteiger partial charge in [-0.05, 0) is 25.5 Å². The Morgan fingerprint density at radius 3 is 2.59 bits per heavy atom. The molecule has 0 spiro atoms. The molecule has 1 amide bonds. The van der Waals surface area contributed by atoms with Crippen LogP contribution in [0.25, 0.3) is 0 Å². The first-order valence-corrected chi connectivity index (χ1v) is 6.06. The van der Waals surface area contributed by atoms with E-state index in [4.69, 9.17) is 0 Å². The van der Waals surface area contributed by atoms with Crippen molar-refractivity contribution in [2.75, 3.05) is 6.61 Å². The van der Waals surface area contributed by atoms with Crippen molar-refractivity contribution in [2.45, 2.75) is 18.9 Å². The van der Waals surface area contributed by atoms with Crippen LogP contribution in [0.3, 0.4) is 0 Å². The summed E-state index contributed by atoms with van der Waals surface area (Å²) < 4.78 is 29.3. The molecule has 0 aromatic carbocycles. The summed E-state index contributed by atoms with van der Waals surface area (Å²) in [6.07, 6.45) is 0.393. The summed E-state index contributed by atoms with van der Waals surface area (Å²) in [6, 6.07) is 2.91. The summed E-state index contributed by atoms with van der Waals surface area (Å²) in [4.78, 5) is 14.7. The van der Waals surface area contributed by atoms with Gasteiger partial charge in [0.05, 0.1) is 6.61 Å². The smallest absolute Gasteiger partial charge is 0.421 e. The number of pyridine rings is 1. The summed E-state index contributed by atoms with van der Waals surface area (Å²) in [5, 5.41) is -0.217. The van der Waals surface area contributed by atoms with Gasteiger partial charge in [0.25, 0.3) is 10.0 Å². The molecule has 6 nitrogen and oxygen atoms in total. The molecule has 0 atom stereocenters. The first-order chi connectivity index (χ1) is 7.45. The van der Waals surface area contributed by atoms with Crippen molar-refractivity contribution in [3.8, 4) is 0 Å². The lowest BCUT2D eigenvalue weighted by Gasteiger charge is -2.05. The number of aryl methyl sites for hydroxylation is 1. The molecule has 0 radical (unpaired) electrons. The predicted octanol–water partition coefficient (Wildman–Crippen LogP) is 1.25. The zero-order chi connectivity index (χ0) is 12.2. The summed E-state index contributed by atoms with van der Waals surface area (Å²) in [6.45, 7) is 3.46. The zero-order valence-electron chi connectivity index (χ0n) is 9.34. The van der Waals surface area contributed by atoms with Gasteiger partial charge in [-0.1, -0.05) is 6.07 Å². The molecule has 96 valence electrons. The van der Waals surface area contributed by atoms with E-state index in [1.807, 2.05) is 0 Å². The minimum Gasteiger partial charge on any atom is -0.449 e. The molecule has 1 rings (SSSR count). The Morgan fingerprint density at radius 2 is 2.12 bits per heavy atom. The Bertz CT molecular complexity index is 472. The van der Waals surface area contributed by atoms with Crippen LogP contribution in [0.2, 0.25) is 0 Å². The van der Waals surface area contributed by atoms with Crippen molar-refractivity contribution in [3.63, 3.8) is 0 Å². The van der Waals surface area contributed by atoms with Crippen LogP contribution in [0.4, 0.5) is 4.79 Å². The number of aromatic nitrogens is 1. The number of nitrogens with one attached hydrogen (secondary N) is 1. The van der Waals surface area contributed by atoms with Crippen LogP contribution in [-0.2, 0) is 14.8 Å². The van der Waals surface area contributed by atoms with Gasteiger partial charge >= 0.3 is 6.09 Å². The van der Waals surface area contributed by atoms with E-state index >= 15 is 0 Å². The second-order valence-electron chi connectivity index (χ2n) is 3.00. The lowest BCUT2D eigenvalue weighted by Crippen LogP contribution is -2.31. The largest absolute Gasteiger partial charge is 0.449 e.